The summed E-state index contributed by atoms with van der Waals surface area (Å²) in [6.45, 7) is 3.71. The number of nitrogens with one attached hydrogen (secondary N) is 1. The Labute approximate surface area is 156 Å². The number of hydrogen-bond donors (Lipinski definition) is 1. The van der Waals surface area contributed by atoms with Crippen LogP contribution < -0.4 is 10.2 Å². The standard InChI is InChI=1S/C19H20ClN3O3/c1-13-5-4-10-22(12-13)17-9-8-14(11-18(17)23(25)26)19(24)21-16-7-3-2-6-15(16)20/h2-3,6-9,11,13H,4-5,10,12H2,1H3,(H,21,24)/t13-/m1/s1. The van der Waals surface area contributed by atoms with E-state index < -0.39 is 10.8 Å². The predicted molar refractivity (Wildman–Crippen MR) is 103 cm³/mol. The van der Waals surface area contributed by atoms with Gasteiger partial charge >= 0.3 is 0 Å². The Morgan fingerprint density at radius 2 is 2.08 bits per heavy atom. The van der Waals surface area contributed by atoms with Gasteiger partial charge in [-0.3, -0.25) is 14.9 Å². The number of amides is 1. The molecule has 0 bridgehead atoms. The first kappa shape index (κ1) is 18.2. The quantitative estimate of drug-likeness (QED) is 0.620. The molecular formula is C19H20ClN3O3. The van der Waals surface area contributed by atoms with Crippen LogP contribution in [0, 0.1) is 16.0 Å². The molecule has 2 aromatic rings. The third kappa shape index (κ3) is 3.96. The molecule has 1 amide bonds. The molecule has 0 unspecified atom stereocenters. The molecule has 0 spiro atoms. The van der Waals surface area contributed by atoms with Gasteiger partial charge in [0.15, 0.2) is 0 Å². The van der Waals surface area contributed by atoms with E-state index in [1.165, 1.54) is 6.07 Å². The van der Waals surface area contributed by atoms with Crippen molar-refractivity contribution in [2.45, 2.75) is 19.8 Å². The molecular weight excluding hydrogens is 354 g/mol. The second-order valence-electron chi connectivity index (χ2n) is 6.59. The SMILES string of the molecule is C[C@@H]1CCCN(c2ccc(C(=O)Nc3ccccc3Cl)cc2[N+](=O)[O-])C1. The van der Waals surface area contributed by atoms with E-state index in [1.54, 1.807) is 36.4 Å². The number of nitrogens with zero attached hydrogens (tertiary/aromatic N) is 2. The van der Waals surface area contributed by atoms with E-state index >= 15 is 0 Å². The van der Waals surface area contributed by atoms with Gasteiger partial charge in [-0.1, -0.05) is 30.7 Å². The van der Waals surface area contributed by atoms with E-state index in [0.717, 1.165) is 25.9 Å². The van der Waals surface area contributed by atoms with Crippen molar-refractivity contribution in [1.82, 2.24) is 0 Å². The lowest BCUT2D eigenvalue weighted by atomic mass is 9.99. The Hall–Kier alpha value is -2.60. The summed E-state index contributed by atoms with van der Waals surface area (Å²) in [4.78, 5) is 25.6. The van der Waals surface area contributed by atoms with Crippen molar-refractivity contribution in [3.05, 3.63) is 63.2 Å². The average Bonchev–Trinajstić information content (AvgIpc) is 2.63. The topological polar surface area (TPSA) is 75.5 Å². The average molecular weight is 374 g/mol. The fraction of sp³-hybridized carbons (Fsp3) is 0.316. The van der Waals surface area contributed by atoms with Crippen molar-refractivity contribution in [3.63, 3.8) is 0 Å². The monoisotopic (exact) mass is 373 g/mol. The van der Waals surface area contributed by atoms with Crippen LogP contribution in [0.4, 0.5) is 17.1 Å². The summed E-state index contributed by atoms with van der Waals surface area (Å²) in [6, 6.07) is 11.5. The Morgan fingerprint density at radius 3 is 2.77 bits per heavy atom. The van der Waals surface area contributed by atoms with Gasteiger partial charge in [0, 0.05) is 24.7 Å². The van der Waals surface area contributed by atoms with Crippen molar-refractivity contribution in [2.75, 3.05) is 23.3 Å². The van der Waals surface area contributed by atoms with Gasteiger partial charge in [-0.2, -0.15) is 0 Å². The first-order chi connectivity index (χ1) is 12.5. The molecule has 136 valence electrons. The summed E-state index contributed by atoms with van der Waals surface area (Å²) in [7, 11) is 0. The van der Waals surface area contributed by atoms with E-state index in [4.69, 9.17) is 11.6 Å². The normalized spacial score (nSPS) is 17.0. The predicted octanol–water partition coefficient (Wildman–Crippen LogP) is 4.74. The summed E-state index contributed by atoms with van der Waals surface area (Å²) in [5.74, 6) is 0.0614. The highest BCUT2D eigenvalue weighted by atomic mass is 35.5. The molecule has 6 nitrogen and oxygen atoms in total. The number of rotatable bonds is 4. The van der Waals surface area contributed by atoms with Crippen molar-refractivity contribution in [2.24, 2.45) is 5.92 Å². The molecule has 26 heavy (non-hydrogen) atoms. The summed E-state index contributed by atoms with van der Waals surface area (Å²) >= 11 is 6.05. The minimum Gasteiger partial charge on any atom is -0.366 e. The number of nitro benzene ring substituents is 1. The minimum absolute atomic E-state index is 0.0501. The van der Waals surface area contributed by atoms with Crippen molar-refractivity contribution in [3.8, 4) is 0 Å². The second-order valence-corrected chi connectivity index (χ2v) is 7.00. The number of piperidine rings is 1. The lowest BCUT2D eigenvalue weighted by molar-refractivity contribution is -0.384. The van der Waals surface area contributed by atoms with Crippen LogP contribution in [0.25, 0.3) is 0 Å². The molecule has 0 aliphatic carbocycles. The molecule has 0 aromatic heterocycles. The zero-order valence-corrected chi connectivity index (χ0v) is 15.2. The number of benzene rings is 2. The summed E-state index contributed by atoms with van der Waals surface area (Å²) < 4.78 is 0. The lowest BCUT2D eigenvalue weighted by Crippen LogP contribution is -2.34. The highest BCUT2D eigenvalue weighted by Gasteiger charge is 2.25. The zero-order valence-electron chi connectivity index (χ0n) is 14.4. The Kier molecular flexibility index (Phi) is 5.42. The van der Waals surface area contributed by atoms with E-state index in [9.17, 15) is 14.9 Å². The van der Waals surface area contributed by atoms with Crippen LogP contribution in [0.5, 0.6) is 0 Å². The molecule has 1 heterocycles. The summed E-state index contributed by atoms with van der Waals surface area (Å²) in [5.41, 5.74) is 1.21. The maximum atomic E-state index is 12.5. The molecule has 1 aliphatic heterocycles. The van der Waals surface area contributed by atoms with E-state index in [0.29, 0.717) is 22.3 Å². The molecule has 2 aromatic carbocycles. The minimum atomic E-state index is -0.431. The van der Waals surface area contributed by atoms with E-state index in [1.807, 2.05) is 4.90 Å². The second kappa shape index (κ2) is 7.74. The van der Waals surface area contributed by atoms with E-state index in [2.05, 4.69) is 12.2 Å². The van der Waals surface area contributed by atoms with E-state index in [-0.39, 0.29) is 11.3 Å². The summed E-state index contributed by atoms with van der Waals surface area (Å²) in [6.07, 6.45) is 2.13. The van der Waals surface area contributed by atoms with Crippen LogP contribution in [0.2, 0.25) is 5.02 Å². The highest BCUT2D eigenvalue weighted by molar-refractivity contribution is 6.33. The first-order valence-electron chi connectivity index (χ1n) is 8.55. The van der Waals surface area contributed by atoms with Gasteiger partial charge in [-0.25, -0.2) is 0 Å². The lowest BCUT2D eigenvalue weighted by Gasteiger charge is -2.32. The van der Waals surface area contributed by atoms with Crippen molar-refractivity contribution >= 4 is 34.6 Å². The van der Waals surface area contributed by atoms with Gasteiger partial charge in [-0.05, 0) is 43.0 Å². The Bertz CT molecular complexity index is 841. The summed E-state index contributed by atoms with van der Waals surface area (Å²) in [5, 5.41) is 14.7. The van der Waals surface area contributed by atoms with Crippen molar-refractivity contribution in [1.29, 1.82) is 0 Å². The smallest absolute Gasteiger partial charge is 0.293 e. The fourth-order valence-electron chi connectivity index (χ4n) is 3.24. The van der Waals surface area contributed by atoms with Gasteiger partial charge in [0.2, 0.25) is 0 Å². The number of hydrogen-bond acceptors (Lipinski definition) is 4. The molecule has 1 atom stereocenters. The van der Waals surface area contributed by atoms with Gasteiger partial charge in [0.1, 0.15) is 5.69 Å². The number of para-hydroxylation sites is 1. The molecule has 1 saturated heterocycles. The van der Waals surface area contributed by atoms with Crippen molar-refractivity contribution < 1.29 is 9.72 Å². The Balaban J connectivity index is 1.87. The molecule has 1 aliphatic rings. The molecule has 3 rings (SSSR count). The zero-order chi connectivity index (χ0) is 18.7. The number of carbonyl (C=O) groups excluding carboxylic acids is 1. The van der Waals surface area contributed by atoms with Crippen LogP contribution in [-0.4, -0.2) is 23.9 Å². The van der Waals surface area contributed by atoms with Crippen LogP contribution in [0.1, 0.15) is 30.1 Å². The van der Waals surface area contributed by atoms with Crippen LogP contribution >= 0.6 is 11.6 Å². The maximum Gasteiger partial charge on any atom is 0.293 e. The van der Waals surface area contributed by atoms with Crippen LogP contribution in [-0.2, 0) is 0 Å². The number of halogens is 1. The van der Waals surface area contributed by atoms with Gasteiger partial charge < -0.3 is 10.2 Å². The van der Waals surface area contributed by atoms with Crippen LogP contribution in [0.15, 0.2) is 42.5 Å². The Morgan fingerprint density at radius 1 is 1.31 bits per heavy atom. The number of anilines is 2. The first-order valence-corrected chi connectivity index (χ1v) is 8.93. The van der Waals surface area contributed by atoms with Crippen LogP contribution in [0.3, 0.4) is 0 Å². The third-order valence-corrected chi connectivity index (χ3v) is 4.88. The highest BCUT2D eigenvalue weighted by Crippen LogP contribution is 2.33. The van der Waals surface area contributed by atoms with Gasteiger partial charge in [0.05, 0.1) is 15.6 Å². The number of nitro groups is 1. The molecule has 0 saturated carbocycles. The maximum absolute atomic E-state index is 12.5. The molecule has 1 N–H and O–H groups in total. The third-order valence-electron chi connectivity index (χ3n) is 4.55. The largest absolute Gasteiger partial charge is 0.366 e. The van der Waals surface area contributed by atoms with Gasteiger partial charge in [-0.15, -0.1) is 0 Å². The molecule has 1 fully saturated rings. The van der Waals surface area contributed by atoms with Gasteiger partial charge in [0.25, 0.3) is 11.6 Å². The fourth-order valence-corrected chi connectivity index (χ4v) is 3.43. The molecule has 0 radical (unpaired) electrons. The number of carbonyl (C=O) groups is 1. The molecule has 7 heteroatoms.